The number of hydrogen-bond donors (Lipinski definition) is 2. The molecule has 0 radical (unpaired) electrons. The lowest BCUT2D eigenvalue weighted by Gasteiger charge is -2.31. The minimum atomic E-state index is -1.24. The van der Waals surface area contributed by atoms with Crippen LogP contribution < -0.4 is 0 Å². The van der Waals surface area contributed by atoms with Crippen LogP contribution in [0.25, 0.3) is 0 Å². The largest absolute Gasteiger partial charge is 0.508 e. The van der Waals surface area contributed by atoms with Gasteiger partial charge in [0.05, 0.1) is 0 Å². The smallest absolute Gasteiger partial charge is 0.153 e. The number of aromatic hydroxyl groups is 2. The Morgan fingerprint density at radius 3 is 2.19 bits per heavy atom. The average molecular weight is 325 g/mol. The van der Waals surface area contributed by atoms with E-state index in [-0.39, 0.29) is 17.4 Å². The summed E-state index contributed by atoms with van der Waals surface area (Å²) in [6, 6.07) is 13.7. The van der Waals surface area contributed by atoms with E-state index < -0.39 is 4.33 Å². The molecule has 2 nitrogen and oxygen atoms in total. The van der Waals surface area contributed by atoms with Gasteiger partial charge >= 0.3 is 0 Å². The zero-order valence-corrected chi connectivity index (χ0v) is 13.3. The Hall–Kier alpha value is -1.38. The fourth-order valence-corrected chi connectivity index (χ4v) is 3.29. The van der Waals surface area contributed by atoms with E-state index in [2.05, 4.69) is 6.92 Å². The number of para-hydroxylation sites is 1. The normalized spacial score (nSPS) is 13.1. The Labute approximate surface area is 135 Å². The van der Waals surface area contributed by atoms with Gasteiger partial charge in [0, 0.05) is 11.5 Å². The van der Waals surface area contributed by atoms with Crippen LogP contribution >= 0.6 is 23.2 Å². The number of rotatable bonds is 5. The zero-order valence-electron chi connectivity index (χ0n) is 11.8. The summed E-state index contributed by atoms with van der Waals surface area (Å²) in [5.41, 5.74) is 1.43. The summed E-state index contributed by atoms with van der Waals surface area (Å²) in [4.78, 5) is 0. The second-order valence-electron chi connectivity index (χ2n) is 5.07. The van der Waals surface area contributed by atoms with E-state index in [1.165, 1.54) is 0 Å². The quantitative estimate of drug-likeness (QED) is 0.731. The first-order valence-corrected chi connectivity index (χ1v) is 7.67. The third-order valence-corrected chi connectivity index (χ3v) is 4.51. The highest BCUT2D eigenvalue weighted by molar-refractivity contribution is 6.48. The van der Waals surface area contributed by atoms with Crippen molar-refractivity contribution in [2.24, 2.45) is 0 Å². The maximum atomic E-state index is 10.0. The van der Waals surface area contributed by atoms with Gasteiger partial charge in [0.2, 0.25) is 0 Å². The molecule has 0 aliphatic rings. The highest BCUT2D eigenvalue weighted by Gasteiger charge is 2.39. The van der Waals surface area contributed by atoms with Crippen LogP contribution in [0.4, 0.5) is 0 Å². The van der Waals surface area contributed by atoms with E-state index in [1.54, 1.807) is 36.4 Å². The van der Waals surface area contributed by atoms with Crippen molar-refractivity contribution >= 4 is 23.2 Å². The van der Waals surface area contributed by atoms with Crippen molar-refractivity contribution < 1.29 is 10.2 Å². The van der Waals surface area contributed by atoms with Crippen LogP contribution in [0.15, 0.2) is 48.5 Å². The summed E-state index contributed by atoms with van der Waals surface area (Å²) in [6.07, 6.45) is 1.67. The van der Waals surface area contributed by atoms with Crippen molar-refractivity contribution in [3.8, 4) is 11.5 Å². The molecule has 1 unspecified atom stereocenters. The minimum Gasteiger partial charge on any atom is -0.508 e. The summed E-state index contributed by atoms with van der Waals surface area (Å²) in [7, 11) is 0. The Morgan fingerprint density at radius 1 is 1.00 bits per heavy atom. The van der Waals surface area contributed by atoms with Gasteiger partial charge in [0.1, 0.15) is 11.5 Å². The van der Waals surface area contributed by atoms with E-state index in [1.807, 2.05) is 12.1 Å². The number of phenols is 2. The van der Waals surface area contributed by atoms with Crippen molar-refractivity contribution in [3.05, 3.63) is 59.7 Å². The van der Waals surface area contributed by atoms with E-state index in [0.717, 1.165) is 18.4 Å². The first-order chi connectivity index (χ1) is 9.96. The van der Waals surface area contributed by atoms with Gasteiger partial charge in [0.15, 0.2) is 4.33 Å². The SMILES string of the molecule is CCCC(c1ccc(O)cc1)C(Cl)(Cl)c1ccccc1O. The van der Waals surface area contributed by atoms with Gasteiger partial charge in [-0.2, -0.15) is 0 Å². The molecule has 0 aliphatic carbocycles. The molecule has 0 heterocycles. The standard InChI is InChI=1S/C17H18Cl2O2/c1-2-5-14(12-8-10-13(20)11-9-12)17(18,19)15-6-3-4-7-16(15)21/h3-4,6-11,14,20-21H,2,5H2,1H3. The molecule has 0 aliphatic heterocycles. The molecule has 2 aromatic carbocycles. The Balaban J connectivity index is 2.45. The van der Waals surface area contributed by atoms with Gasteiger partial charge in [-0.3, -0.25) is 0 Å². The Bertz CT molecular complexity index is 594. The minimum absolute atomic E-state index is 0.0855. The van der Waals surface area contributed by atoms with Crippen molar-refractivity contribution in [2.75, 3.05) is 0 Å². The summed E-state index contributed by atoms with van der Waals surface area (Å²) in [6.45, 7) is 2.06. The van der Waals surface area contributed by atoms with Crippen molar-refractivity contribution in [1.29, 1.82) is 0 Å². The van der Waals surface area contributed by atoms with Crippen LogP contribution in [-0.2, 0) is 4.33 Å². The summed E-state index contributed by atoms with van der Waals surface area (Å²) in [5.74, 6) is 0.105. The van der Waals surface area contributed by atoms with Crippen LogP contribution in [-0.4, -0.2) is 10.2 Å². The topological polar surface area (TPSA) is 40.5 Å². The summed E-state index contributed by atoms with van der Waals surface area (Å²) in [5, 5.41) is 19.5. The molecule has 0 fully saturated rings. The monoisotopic (exact) mass is 324 g/mol. The summed E-state index contributed by atoms with van der Waals surface area (Å²) >= 11 is 13.3. The lowest BCUT2D eigenvalue weighted by molar-refractivity contribution is 0.453. The second-order valence-corrected chi connectivity index (χ2v) is 6.46. The third-order valence-electron chi connectivity index (χ3n) is 3.57. The molecular weight excluding hydrogens is 307 g/mol. The molecule has 2 aromatic rings. The maximum Gasteiger partial charge on any atom is 0.153 e. The lowest BCUT2D eigenvalue weighted by atomic mass is 9.87. The van der Waals surface area contributed by atoms with Crippen LogP contribution in [0.2, 0.25) is 0 Å². The Kier molecular flexibility index (Phi) is 5.02. The lowest BCUT2D eigenvalue weighted by Crippen LogP contribution is -2.22. The molecule has 0 spiro atoms. The first-order valence-electron chi connectivity index (χ1n) is 6.92. The molecule has 1 atom stereocenters. The molecule has 4 heteroatoms. The predicted molar refractivity (Wildman–Crippen MR) is 87.2 cm³/mol. The van der Waals surface area contributed by atoms with Crippen LogP contribution in [0, 0.1) is 0 Å². The van der Waals surface area contributed by atoms with Gasteiger partial charge in [0.25, 0.3) is 0 Å². The van der Waals surface area contributed by atoms with Crippen LogP contribution in [0.3, 0.4) is 0 Å². The van der Waals surface area contributed by atoms with Gasteiger partial charge in [-0.1, -0.05) is 66.9 Å². The number of hydrogen-bond acceptors (Lipinski definition) is 2. The molecule has 21 heavy (non-hydrogen) atoms. The maximum absolute atomic E-state index is 10.0. The number of halogens is 2. The van der Waals surface area contributed by atoms with E-state index >= 15 is 0 Å². The van der Waals surface area contributed by atoms with Crippen molar-refractivity contribution in [3.63, 3.8) is 0 Å². The predicted octanol–water partition coefficient (Wildman–Crippen LogP) is 5.31. The highest BCUT2D eigenvalue weighted by atomic mass is 35.5. The number of benzene rings is 2. The molecule has 112 valence electrons. The molecule has 0 aromatic heterocycles. The van der Waals surface area contributed by atoms with Crippen LogP contribution in [0.1, 0.15) is 36.8 Å². The van der Waals surface area contributed by atoms with Crippen molar-refractivity contribution in [1.82, 2.24) is 0 Å². The van der Waals surface area contributed by atoms with Crippen molar-refractivity contribution in [2.45, 2.75) is 30.0 Å². The zero-order chi connectivity index (χ0) is 15.5. The molecule has 0 saturated heterocycles. The Morgan fingerprint density at radius 2 is 1.62 bits per heavy atom. The number of alkyl halides is 2. The fourth-order valence-electron chi connectivity index (χ4n) is 2.50. The van der Waals surface area contributed by atoms with Gasteiger partial charge < -0.3 is 10.2 Å². The van der Waals surface area contributed by atoms with Gasteiger partial charge in [-0.25, -0.2) is 0 Å². The highest BCUT2D eigenvalue weighted by Crippen LogP contribution is 2.51. The van der Waals surface area contributed by atoms with E-state index in [4.69, 9.17) is 23.2 Å². The summed E-state index contributed by atoms with van der Waals surface area (Å²) < 4.78 is -1.24. The van der Waals surface area contributed by atoms with Gasteiger partial charge in [-0.15, -0.1) is 0 Å². The first kappa shape index (κ1) is 16.0. The van der Waals surface area contributed by atoms with Gasteiger partial charge in [-0.05, 0) is 30.2 Å². The van der Waals surface area contributed by atoms with E-state index in [0.29, 0.717) is 5.56 Å². The second kappa shape index (κ2) is 6.59. The molecule has 0 saturated carbocycles. The van der Waals surface area contributed by atoms with E-state index in [9.17, 15) is 10.2 Å². The van der Waals surface area contributed by atoms with Crippen LogP contribution in [0.5, 0.6) is 11.5 Å². The average Bonchev–Trinajstić information content (AvgIpc) is 2.46. The molecule has 0 bridgehead atoms. The fraction of sp³-hybridized carbons (Fsp3) is 0.294. The molecule has 2 N–H and O–H groups in total. The molecular formula is C17H18Cl2O2. The third kappa shape index (κ3) is 3.45. The molecule has 2 rings (SSSR count). The number of phenolic OH excluding ortho intramolecular Hbond substituents is 2. The molecule has 0 amide bonds.